The first-order valence-corrected chi connectivity index (χ1v) is 7.00. The van der Waals surface area contributed by atoms with E-state index in [0.717, 1.165) is 4.88 Å². The molecule has 0 spiro atoms. The van der Waals surface area contributed by atoms with Gasteiger partial charge in [-0.05, 0) is 18.4 Å². The third kappa shape index (κ3) is 4.33. The van der Waals surface area contributed by atoms with Gasteiger partial charge in [-0.1, -0.05) is 19.9 Å². The Kier molecular flexibility index (Phi) is 5.50. The Morgan fingerprint density at radius 3 is 2.74 bits per heavy atom. The van der Waals surface area contributed by atoms with Crippen LogP contribution in [0.4, 0.5) is 0 Å². The number of hydrogen-bond donors (Lipinski definition) is 2. The van der Waals surface area contributed by atoms with Crippen molar-refractivity contribution in [3.63, 3.8) is 0 Å². The van der Waals surface area contributed by atoms with Crippen LogP contribution in [-0.4, -0.2) is 31.1 Å². The van der Waals surface area contributed by atoms with E-state index in [9.17, 15) is 9.59 Å². The highest BCUT2D eigenvalue weighted by Gasteiger charge is 2.27. The molecule has 0 bridgehead atoms. The summed E-state index contributed by atoms with van der Waals surface area (Å²) in [5.74, 6) is -1.21. The summed E-state index contributed by atoms with van der Waals surface area (Å²) < 4.78 is 4.71. The lowest BCUT2D eigenvalue weighted by Crippen LogP contribution is -2.49. The molecule has 19 heavy (non-hydrogen) atoms. The van der Waals surface area contributed by atoms with Gasteiger partial charge in [-0.25, -0.2) is 4.79 Å². The fourth-order valence-corrected chi connectivity index (χ4v) is 2.36. The number of thiophene rings is 1. The molecule has 0 aliphatic heterocycles. The van der Waals surface area contributed by atoms with Gasteiger partial charge in [0.15, 0.2) is 6.04 Å². The van der Waals surface area contributed by atoms with E-state index in [0.29, 0.717) is 6.54 Å². The van der Waals surface area contributed by atoms with Crippen LogP contribution in [-0.2, 0) is 19.7 Å². The van der Waals surface area contributed by atoms with Crippen molar-refractivity contribution in [3.8, 4) is 0 Å². The van der Waals surface area contributed by atoms with Crippen LogP contribution in [0.3, 0.4) is 0 Å². The average Bonchev–Trinajstić information content (AvgIpc) is 2.90. The molecule has 0 radical (unpaired) electrons. The SMILES string of the molecule is CCOC(=O)C(N)C(=O)NCC(C)(C)c1cccs1. The number of esters is 1. The summed E-state index contributed by atoms with van der Waals surface area (Å²) in [6, 6.07) is 2.72. The maximum atomic E-state index is 11.7. The monoisotopic (exact) mass is 284 g/mol. The molecule has 1 rings (SSSR count). The number of hydrogen-bond acceptors (Lipinski definition) is 5. The summed E-state index contributed by atoms with van der Waals surface area (Å²) in [5, 5.41) is 4.68. The maximum Gasteiger partial charge on any atom is 0.332 e. The van der Waals surface area contributed by atoms with Crippen LogP contribution in [0.5, 0.6) is 0 Å². The second-order valence-electron chi connectivity index (χ2n) is 4.81. The zero-order chi connectivity index (χ0) is 14.5. The largest absolute Gasteiger partial charge is 0.464 e. The smallest absolute Gasteiger partial charge is 0.332 e. The third-order valence-electron chi connectivity index (χ3n) is 2.72. The summed E-state index contributed by atoms with van der Waals surface area (Å²) in [6.45, 7) is 6.34. The molecule has 1 heterocycles. The number of carbonyl (C=O) groups is 2. The van der Waals surface area contributed by atoms with Gasteiger partial charge < -0.3 is 15.8 Å². The average molecular weight is 284 g/mol. The molecule has 3 N–H and O–H groups in total. The first kappa shape index (κ1) is 15.7. The Bertz CT molecular complexity index is 429. The first-order valence-electron chi connectivity index (χ1n) is 6.12. The molecular weight excluding hydrogens is 264 g/mol. The van der Waals surface area contributed by atoms with Gasteiger partial charge in [0.25, 0.3) is 0 Å². The molecule has 1 atom stereocenters. The van der Waals surface area contributed by atoms with Crippen LogP contribution in [0.1, 0.15) is 25.6 Å². The van der Waals surface area contributed by atoms with E-state index >= 15 is 0 Å². The van der Waals surface area contributed by atoms with Crippen LogP contribution >= 0.6 is 11.3 Å². The lowest BCUT2D eigenvalue weighted by atomic mass is 9.91. The van der Waals surface area contributed by atoms with Crippen molar-refractivity contribution in [2.75, 3.05) is 13.2 Å². The molecule has 1 amide bonds. The van der Waals surface area contributed by atoms with Gasteiger partial charge in [0.1, 0.15) is 0 Å². The van der Waals surface area contributed by atoms with Crippen molar-refractivity contribution in [3.05, 3.63) is 22.4 Å². The second-order valence-corrected chi connectivity index (χ2v) is 5.76. The van der Waals surface area contributed by atoms with E-state index in [1.807, 2.05) is 31.4 Å². The number of rotatable bonds is 6. The molecule has 0 aliphatic carbocycles. The zero-order valence-electron chi connectivity index (χ0n) is 11.4. The second kappa shape index (κ2) is 6.68. The predicted octanol–water partition coefficient (Wildman–Crippen LogP) is 1.03. The fourth-order valence-electron chi connectivity index (χ4n) is 1.51. The first-order chi connectivity index (χ1) is 8.88. The van der Waals surface area contributed by atoms with Gasteiger partial charge >= 0.3 is 5.97 Å². The molecule has 0 aromatic carbocycles. The van der Waals surface area contributed by atoms with Crippen LogP contribution in [0.15, 0.2) is 17.5 Å². The van der Waals surface area contributed by atoms with Crippen LogP contribution in [0, 0.1) is 0 Å². The van der Waals surface area contributed by atoms with E-state index in [-0.39, 0.29) is 12.0 Å². The summed E-state index contributed by atoms with van der Waals surface area (Å²) in [6.07, 6.45) is 0. The number of nitrogens with one attached hydrogen (secondary N) is 1. The minimum atomic E-state index is -1.26. The molecule has 1 unspecified atom stereocenters. The highest BCUT2D eigenvalue weighted by Crippen LogP contribution is 2.26. The predicted molar refractivity (Wildman–Crippen MR) is 75.0 cm³/mol. The summed E-state index contributed by atoms with van der Waals surface area (Å²) in [7, 11) is 0. The Morgan fingerprint density at radius 2 is 2.21 bits per heavy atom. The van der Waals surface area contributed by atoms with Crippen molar-refractivity contribution < 1.29 is 14.3 Å². The number of nitrogens with two attached hydrogens (primary N) is 1. The number of ether oxygens (including phenoxy) is 1. The molecule has 0 aliphatic rings. The lowest BCUT2D eigenvalue weighted by Gasteiger charge is -2.24. The Balaban J connectivity index is 2.52. The van der Waals surface area contributed by atoms with Crippen molar-refractivity contribution in [2.24, 2.45) is 5.73 Å². The van der Waals surface area contributed by atoms with Gasteiger partial charge in [-0.15, -0.1) is 11.3 Å². The fraction of sp³-hybridized carbons (Fsp3) is 0.538. The van der Waals surface area contributed by atoms with Crippen LogP contribution in [0.25, 0.3) is 0 Å². The van der Waals surface area contributed by atoms with Crippen molar-refractivity contribution >= 4 is 23.2 Å². The molecule has 0 saturated heterocycles. The van der Waals surface area contributed by atoms with Gasteiger partial charge in [-0.2, -0.15) is 0 Å². The quantitative estimate of drug-likeness (QED) is 0.604. The molecule has 5 nitrogen and oxygen atoms in total. The minimum absolute atomic E-state index is 0.196. The Morgan fingerprint density at radius 1 is 1.53 bits per heavy atom. The topological polar surface area (TPSA) is 81.4 Å². The number of amides is 1. The third-order valence-corrected chi connectivity index (χ3v) is 3.95. The molecular formula is C13H20N2O3S. The molecule has 1 aromatic rings. The van der Waals surface area contributed by atoms with E-state index in [1.54, 1.807) is 18.3 Å². The van der Waals surface area contributed by atoms with Crippen molar-refractivity contribution in [1.29, 1.82) is 0 Å². The van der Waals surface area contributed by atoms with Crippen LogP contribution in [0.2, 0.25) is 0 Å². The summed E-state index contributed by atoms with van der Waals surface area (Å²) >= 11 is 1.63. The van der Waals surface area contributed by atoms with Gasteiger partial charge in [0.2, 0.25) is 5.91 Å². The highest BCUT2D eigenvalue weighted by atomic mass is 32.1. The molecule has 0 fully saturated rings. The molecule has 106 valence electrons. The van der Waals surface area contributed by atoms with Gasteiger partial charge in [0, 0.05) is 16.8 Å². The standard InChI is InChI=1S/C13H20N2O3S/c1-4-18-12(17)10(14)11(16)15-8-13(2,3)9-6-5-7-19-9/h5-7,10H,4,8,14H2,1-3H3,(H,15,16). The Labute approximate surface area is 117 Å². The van der Waals surface area contributed by atoms with Gasteiger partial charge in [-0.3, -0.25) is 4.79 Å². The van der Waals surface area contributed by atoms with E-state index in [2.05, 4.69) is 5.32 Å². The molecule has 6 heteroatoms. The van der Waals surface area contributed by atoms with E-state index in [4.69, 9.17) is 10.5 Å². The summed E-state index contributed by atoms with van der Waals surface area (Å²) in [5.41, 5.74) is 5.31. The lowest BCUT2D eigenvalue weighted by molar-refractivity contribution is -0.148. The Hall–Kier alpha value is -1.40. The molecule has 1 aromatic heterocycles. The van der Waals surface area contributed by atoms with Gasteiger partial charge in [0.05, 0.1) is 6.61 Å². The van der Waals surface area contributed by atoms with Crippen molar-refractivity contribution in [2.45, 2.75) is 32.2 Å². The van der Waals surface area contributed by atoms with Crippen LogP contribution < -0.4 is 11.1 Å². The number of carbonyl (C=O) groups excluding carboxylic acids is 2. The zero-order valence-corrected chi connectivity index (χ0v) is 12.3. The normalized spacial score (nSPS) is 12.8. The highest BCUT2D eigenvalue weighted by molar-refractivity contribution is 7.10. The van der Waals surface area contributed by atoms with Crippen molar-refractivity contribution in [1.82, 2.24) is 5.32 Å². The molecule has 0 saturated carbocycles. The minimum Gasteiger partial charge on any atom is -0.464 e. The van der Waals surface area contributed by atoms with E-state index in [1.165, 1.54) is 0 Å². The maximum absolute atomic E-state index is 11.7. The van der Waals surface area contributed by atoms with E-state index < -0.39 is 17.9 Å². The summed E-state index contributed by atoms with van der Waals surface area (Å²) in [4.78, 5) is 24.2.